The van der Waals surface area contributed by atoms with Crippen LogP contribution in [0.1, 0.15) is 32.9 Å². The molecule has 5 heteroatoms. The monoisotopic (exact) mass is 262 g/mol. The average Bonchev–Trinajstić information content (AvgIpc) is 2.74. The summed E-state index contributed by atoms with van der Waals surface area (Å²) in [6, 6.07) is 0. The molecule has 104 valence electrons. The number of hydrogen-bond donors (Lipinski definition) is 1. The number of aromatic nitrogens is 2. The van der Waals surface area contributed by atoms with Crippen LogP contribution in [-0.4, -0.2) is 33.9 Å². The summed E-state index contributed by atoms with van der Waals surface area (Å²) in [6.45, 7) is 8.60. The molecule has 1 N–H and O–H groups in total. The van der Waals surface area contributed by atoms with Crippen LogP contribution in [0, 0.1) is 11.8 Å². The van der Waals surface area contributed by atoms with Crippen molar-refractivity contribution in [3.8, 4) is 0 Å². The molecule has 0 bridgehead atoms. The number of nitrogens with zero attached hydrogens (tertiary/aromatic N) is 3. The molecule has 0 radical (unpaired) electrons. The first-order chi connectivity index (χ1) is 9.10. The van der Waals surface area contributed by atoms with E-state index in [0.29, 0.717) is 24.8 Å². The van der Waals surface area contributed by atoms with Crippen LogP contribution in [0.5, 0.6) is 0 Å². The predicted octanol–water partition coefficient (Wildman–Crippen LogP) is 1.91. The molecule has 0 aromatic carbocycles. The third-order valence-corrected chi connectivity index (χ3v) is 3.60. The van der Waals surface area contributed by atoms with Crippen LogP contribution < -0.4 is 5.32 Å². The first kappa shape index (κ1) is 13.8. The summed E-state index contributed by atoms with van der Waals surface area (Å²) in [5.74, 6) is 2.04. The highest BCUT2D eigenvalue weighted by atomic mass is 16.2. The fourth-order valence-electron chi connectivity index (χ4n) is 2.31. The van der Waals surface area contributed by atoms with Gasteiger partial charge < -0.3 is 10.2 Å². The molecule has 1 atom stereocenters. The maximum absolute atomic E-state index is 11.9. The molecule has 1 fully saturated rings. The van der Waals surface area contributed by atoms with Gasteiger partial charge in [0.25, 0.3) is 0 Å². The molecule has 0 aliphatic carbocycles. The molecule has 19 heavy (non-hydrogen) atoms. The lowest BCUT2D eigenvalue weighted by atomic mass is 9.95. The summed E-state index contributed by atoms with van der Waals surface area (Å²) in [5, 5.41) is 3.10. The van der Waals surface area contributed by atoms with Crippen molar-refractivity contribution in [1.29, 1.82) is 0 Å². The number of nitrogens with one attached hydrogen (secondary N) is 1. The van der Waals surface area contributed by atoms with Crippen molar-refractivity contribution >= 4 is 11.7 Å². The minimum Gasteiger partial charge on any atom is -0.369 e. The SMILES string of the molecule is CCNc1cnc(CN2CC(C(C)C)CC2=O)cn1. The Morgan fingerprint density at radius 3 is 2.74 bits per heavy atom. The van der Waals surface area contributed by atoms with E-state index in [1.807, 2.05) is 11.8 Å². The van der Waals surface area contributed by atoms with Gasteiger partial charge in [-0.2, -0.15) is 0 Å². The number of carbonyl (C=O) groups is 1. The van der Waals surface area contributed by atoms with E-state index < -0.39 is 0 Å². The van der Waals surface area contributed by atoms with E-state index in [0.717, 1.165) is 24.6 Å². The van der Waals surface area contributed by atoms with Crippen LogP contribution in [-0.2, 0) is 11.3 Å². The Balaban J connectivity index is 1.95. The third-order valence-electron chi connectivity index (χ3n) is 3.60. The maximum Gasteiger partial charge on any atom is 0.223 e. The van der Waals surface area contributed by atoms with E-state index in [1.54, 1.807) is 12.4 Å². The van der Waals surface area contributed by atoms with Crippen molar-refractivity contribution in [2.24, 2.45) is 11.8 Å². The molecule has 5 nitrogen and oxygen atoms in total. The van der Waals surface area contributed by atoms with Gasteiger partial charge in [0.05, 0.1) is 24.6 Å². The van der Waals surface area contributed by atoms with Crippen molar-refractivity contribution in [3.05, 3.63) is 18.1 Å². The Hall–Kier alpha value is -1.65. The zero-order valence-electron chi connectivity index (χ0n) is 11.9. The Morgan fingerprint density at radius 2 is 2.21 bits per heavy atom. The van der Waals surface area contributed by atoms with Gasteiger partial charge in [0.15, 0.2) is 0 Å². The molecule has 1 aromatic heterocycles. The molecular formula is C14H22N4O. The van der Waals surface area contributed by atoms with Crippen molar-refractivity contribution in [1.82, 2.24) is 14.9 Å². The Kier molecular flexibility index (Phi) is 4.35. The molecular weight excluding hydrogens is 240 g/mol. The first-order valence-electron chi connectivity index (χ1n) is 6.92. The largest absolute Gasteiger partial charge is 0.369 e. The average molecular weight is 262 g/mol. The molecule has 1 amide bonds. The number of carbonyl (C=O) groups excluding carboxylic acids is 1. The van der Waals surface area contributed by atoms with E-state index in [1.165, 1.54) is 0 Å². The Morgan fingerprint density at radius 1 is 1.42 bits per heavy atom. The zero-order chi connectivity index (χ0) is 13.8. The highest BCUT2D eigenvalue weighted by Gasteiger charge is 2.31. The van der Waals surface area contributed by atoms with Gasteiger partial charge in [-0.25, -0.2) is 4.98 Å². The molecule has 1 aliphatic rings. The number of rotatable bonds is 5. The summed E-state index contributed by atoms with van der Waals surface area (Å²) in [7, 11) is 0. The van der Waals surface area contributed by atoms with Crippen LogP contribution in [0.25, 0.3) is 0 Å². The van der Waals surface area contributed by atoms with Gasteiger partial charge in [0.1, 0.15) is 5.82 Å². The smallest absolute Gasteiger partial charge is 0.223 e. The zero-order valence-corrected chi connectivity index (χ0v) is 11.9. The van der Waals surface area contributed by atoms with E-state index in [2.05, 4.69) is 29.1 Å². The van der Waals surface area contributed by atoms with Crippen molar-refractivity contribution < 1.29 is 4.79 Å². The highest BCUT2D eigenvalue weighted by Crippen LogP contribution is 2.25. The summed E-state index contributed by atoms with van der Waals surface area (Å²) in [6.07, 6.45) is 4.13. The number of likely N-dealkylation sites (tertiary alicyclic amines) is 1. The second-order valence-electron chi connectivity index (χ2n) is 5.41. The van der Waals surface area contributed by atoms with Gasteiger partial charge >= 0.3 is 0 Å². The summed E-state index contributed by atoms with van der Waals surface area (Å²) < 4.78 is 0. The molecule has 1 unspecified atom stereocenters. The van der Waals surface area contributed by atoms with Gasteiger partial charge in [-0.15, -0.1) is 0 Å². The Labute approximate surface area is 114 Å². The molecule has 0 saturated carbocycles. The number of anilines is 1. The standard InChI is InChI=1S/C14H22N4O/c1-4-15-13-7-16-12(6-17-13)9-18-8-11(10(2)3)5-14(18)19/h6-7,10-11H,4-5,8-9H2,1-3H3,(H,15,17). The second kappa shape index (κ2) is 5.99. The normalized spacial score (nSPS) is 19.3. The van der Waals surface area contributed by atoms with Gasteiger partial charge in [-0.3, -0.25) is 9.78 Å². The van der Waals surface area contributed by atoms with Crippen molar-refractivity contribution in [2.75, 3.05) is 18.4 Å². The molecule has 1 aliphatic heterocycles. The quantitative estimate of drug-likeness (QED) is 0.880. The summed E-state index contributed by atoms with van der Waals surface area (Å²) in [4.78, 5) is 22.4. The summed E-state index contributed by atoms with van der Waals surface area (Å²) >= 11 is 0. The molecule has 2 heterocycles. The van der Waals surface area contributed by atoms with Crippen LogP contribution in [0.4, 0.5) is 5.82 Å². The minimum atomic E-state index is 0.233. The topological polar surface area (TPSA) is 58.1 Å². The first-order valence-corrected chi connectivity index (χ1v) is 6.92. The number of hydrogen-bond acceptors (Lipinski definition) is 4. The van der Waals surface area contributed by atoms with E-state index in [4.69, 9.17) is 0 Å². The Bertz CT molecular complexity index is 430. The van der Waals surface area contributed by atoms with E-state index in [-0.39, 0.29) is 5.91 Å². The van der Waals surface area contributed by atoms with Gasteiger partial charge in [0, 0.05) is 19.5 Å². The number of amides is 1. The van der Waals surface area contributed by atoms with Crippen LogP contribution in [0.3, 0.4) is 0 Å². The van der Waals surface area contributed by atoms with Gasteiger partial charge in [-0.05, 0) is 18.8 Å². The highest BCUT2D eigenvalue weighted by molar-refractivity contribution is 5.78. The fraction of sp³-hybridized carbons (Fsp3) is 0.643. The molecule has 0 spiro atoms. The summed E-state index contributed by atoms with van der Waals surface area (Å²) in [5.41, 5.74) is 0.847. The third kappa shape index (κ3) is 3.43. The van der Waals surface area contributed by atoms with Crippen molar-refractivity contribution in [2.45, 2.75) is 33.7 Å². The lowest BCUT2D eigenvalue weighted by molar-refractivity contribution is -0.128. The molecule has 2 rings (SSSR count). The predicted molar refractivity (Wildman–Crippen MR) is 74.6 cm³/mol. The van der Waals surface area contributed by atoms with Crippen LogP contribution >= 0.6 is 0 Å². The lowest BCUT2D eigenvalue weighted by Crippen LogP contribution is -2.25. The van der Waals surface area contributed by atoms with Gasteiger partial charge in [0.2, 0.25) is 5.91 Å². The molecule has 1 saturated heterocycles. The lowest BCUT2D eigenvalue weighted by Gasteiger charge is -2.17. The van der Waals surface area contributed by atoms with Crippen molar-refractivity contribution in [3.63, 3.8) is 0 Å². The van der Waals surface area contributed by atoms with E-state index >= 15 is 0 Å². The second-order valence-corrected chi connectivity index (χ2v) is 5.41. The fourth-order valence-corrected chi connectivity index (χ4v) is 2.31. The molecule has 1 aromatic rings. The van der Waals surface area contributed by atoms with Gasteiger partial charge in [-0.1, -0.05) is 13.8 Å². The van der Waals surface area contributed by atoms with E-state index in [9.17, 15) is 4.79 Å². The van der Waals surface area contributed by atoms with Crippen LogP contribution in [0.2, 0.25) is 0 Å². The van der Waals surface area contributed by atoms with Crippen LogP contribution in [0.15, 0.2) is 12.4 Å². The minimum absolute atomic E-state index is 0.233. The maximum atomic E-state index is 11.9.